The molecule has 1 aliphatic rings. The Labute approximate surface area is 121 Å². The molecule has 0 radical (unpaired) electrons. The molecule has 0 aromatic carbocycles. The standard InChI is InChI=1S/C15H26N4O/c1-19(14-6-4-3-5-7-14)15-17-11-13(12-18-15)10-16-8-9-20-2/h11-12,14,16H,3-10H2,1-2H3. The van der Waals surface area contributed by atoms with E-state index >= 15 is 0 Å². The van der Waals surface area contributed by atoms with Crippen molar-refractivity contribution in [1.82, 2.24) is 15.3 Å². The van der Waals surface area contributed by atoms with Gasteiger partial charge in [-0.25, -0.2) is 9.97 Å². The van der Waals surface area contributed by atoms with Gasteiger partial charge in [0.15, 0.2) is 0 Å². The summed E-state index contributed by atoms with van der Waals surface area (Å²) < 4.78 is 5.00. The van der Waals surface area contributed by atoms with Gasteiger partial charge in [0.05, 0.1) is 6.61 Å². The summed E-state index contributed by atoms with van der Waals surface area (Å²) in [7, 11) is 3.82. The van der Waals surface area contributed by atoms with E-state index in [1.807, 2.05) is 12.4 Å². The summed E-state index contributed by atoms with van der Waals surface area (Å²) in [5.41, 5.74) is 1.11. The molecular formula is C15H26N4O. The summed E-state index contributed by atoms with van der Waals surface area (Å²) in [6.07, 6.45) is 10.4. The maximum Gasteiger partial charge on any atom is 0.225 e. The third-order valence-electron chi connectivity index (χ3n) is 3.94. The molecule has 1 aliphatic carbocycles. The lowest BCUT2D eigenvalue weighted by molar-refractivity contribution is 0.199. The minimum atomic E-state index is 0.606. The zero-order valence-corrected chi connectivity index (χ0v) is 12.6. The van der Waals surface area contributed by atoms with Crippen LogP contribution in [0.15, 0.2) is 12.4 Å². The highest BCUT2D eigenvalue weighted by Gasteiger charge is 2.19. The molecule has 5 nitrogen and oxygen atoms in total. The Kier molecular flexibility index (Phi) is 6.21. The molecular weight excluding hydrogens is 252 g/mol. The molecule has 5 heteroatoms. The van der Waals surface area contributed by atoms with E-state index in [1.165, 1.54) is 32.1 Å². The van der Waals surface area contributed by atoms with Gasteiger partial charge in [0.25, 0.3) is 0 Å². The Hall–Kier alpha value is -1.20. The molecule has 0 atom stereocenters. The van der Waals surface area contributed by atoms with Crippen molar-refractivity contribution >= 4 is 5.95 Å². The van der Waals surface area contributed by atoms with Gasteiger partial charge >= 0.3 is 0 Å². The number of methoxy groups -OCH3 is 1. The molecule has 1 aromatic rings. The van der Waals surface area contributed by atoms with Crippen LogP contribution in [0.4, 0.5) is 5.95 Å². The predicted molar refractivity (Wildman–Crippen MR) is 80.9 cm³/mol. The number of nitrogens with one attached hydrogen (secondary N) is 1. The minimum absolute atomic E-state index is 0.606. The Bertz CT molecular complexity index is 376. The fraction of sp³-hybridized carbons (Fsp3) is 0.733. The van der Waals surface area contributed by atoms with E-state index in [2.05, 4.69) is 27.2 Å². The van der Waals surface area contributed by atoms with Gasteiger partial charge in [-0.15, -0.1) is 0 Å². The first kappa shape index (κ1) is 15.2. The summed E-state index contributed by atoms with van der Waals surface area (Å²) in [4.78, 5) is 11.2. The van der Waals surface area contributed by atoms with E-state index < -0.39 is 0 Å². The van der Waals surface area contributed by atoms with Crippen molar-refractivity contribution in [2.24, 2.45) is 0 Å². The summed E-state index contributed by atoms with van der Waals surface area (Å²) in [5, 5.41) is 3.30. The zero-order valence-electron chi connectivity index (χ0n) is 12.6. The van der Waals surface area contributed by atoms with E-state index in [4.69, 9.17) is 4.74 Å². The van der Waals surface area contributed by atoms with E-state index in [1.54, 1.807) is 7.11 Å². The number of ether oxygens (including phenoxy) is 1. The maximum atomic E-state index is 5.00. The topological polar surface area (TPSA) is 50.3 Å². The molecule has 0 saturated heterocycles. The minimum Gasteiger partial charge on any atom is -0.383 e. The average molecular weight is 278 g/mol. The fourth-order valence-corrected chi connectivity index (χ4v) is 2.66. The molecule has 2 rings (SSSR count). The quantitative estimate of drug-likeness (QED) is 0.773. The number of hydrogen-bond acceptors (Lipinski definition) is 5. The molecule has 0 amide bonds. The van der Waals surface area contributed by atoms with Gasteiger partial charge in [-0.05, 0) is 12.8 Å². The van der Waals surface area contributed by atoms with Crippen molar-refractivity contribution in [2.45, 2.75) is 44.7 Å². The summed E-state index contributed by atoms with van der Waals surface area (Å²) >= 11 is 0. The number of hydrogen-bond donors (Lipinski definition) is 1. The highest BCUT2D eigenvalue weighted by molar-refractivity contribution is 5.30. The van der Waals surface area contributed by atoms with Gasteiger partial charge < -0.3 is 15.0 Å². The van der Waals surface area contributed by atoms with Crippen molar-refractivity contribution in [1.29, 1.82) is 0 Å². The van der Waals surface area contributed by atoms with E-state index in [0.29, 0.717) is 6.04 Å². The van der Waals surface area contributed by atoms with E-state index in [0.717, 1.165) is 31.2 Å². The summed E-state index contributed by atoms with van der Waals surface area (Å²) in [5.74, 6) is 0.845. The lowest BCUT2D eigenvalue weighted by atomic mass is 9.95. The molecule has 1 aromatic heterocycles. The first-order valence-electron chi connectivity index (χ1n) is 7.54. The zero-order chi connectivity index (χ0) is 14.2. The molecule has 1 N–H and O–H groups in total. The smallest absolute Gasteiger partial charge is 0.225 e. The van der Waals surface area contributed by atoms with Crippen molar-refractivity contribution in [3.8, 4) is 0 Å². The van der Waals surface area contributed by atoms with Gasteiger partial charge in [-0.1, -0.05) is 19.3 Å². The Morgan fingerprint density at radius 2 is 1.95 bits per heavy atom. The first-order valence-corrected chi connectivity index (χ1v) is 7.54. The van der Waals surface area contributed by atoms with Crippen LogP contribution in [-0.4, -0.2) is 43.3 Å². The van der Waals surface area contributed by atoms with Crippen LogP contribution >= 0.6 is 0 Å². The molecule has 1 heterocycles. The second kappa shape index (κ2) is 8.17. The summed E-state index contributed by atoms with van der Waals surface area (Å²) in [6.45, 7) is 2.36. The van der Waals surface area contributed by atoms with Crippen LogP contribution in [0.2, 0.25) is 0 Å². The Morgan fingerprint density at radius 1 is 1.25 bits per heavy atom. The highest BCUT2D eigenvalue weighted by Crippen LogP contribution is 2.23. The highest BCUT2D eigenvalue weighted by atomic mass is 16.5. The fourth-order valence-electron chi connectivity index (χ4n) is 2.66. The number of aromatic nitrogens is 2. The molecule has 112 valence electrons. The SMILES string of the molecule is COCCNCc1cnc(N(C)C2CCCCC2)nc1. The molecule has 1 saturated carbocycles. The Balaban J connectivity index is 1.83. The van der Waals surface area contributed by atoms with E-state index in [9.17, 15) is 0 Å². The van der Waals surface area contributed by atoms with Crippen LogP contribution in [0.25, 0.3) is 0 Å². The van der Waals surface area contributed by atoms with Crippen molar-refractivity contribution in [3.05, 3.63) is 18.0 Å². The lowest BCUT2D eigenvalue weighted by Gasteiger charge is -2.31. The van der Waals surface area contributed by atoms with E-state index in [-0.39, 0.29) is 0 Å². The second-order valence-electron chi connectivity index (χ2n) is 5.46. The van der Waals surface area contributed by atoms with Crippen LogP contribution in [0.5, 0.6) is 0 Å². The molecule has 20 heavy (non-hydrogen) atoms. The van der Waals surface area contributed by atoms with Crippen molar-refractivity contribution in [3.63, 3.8) is 0 Å². The van der Waals surface area contributed by atoms with Crippen molar-refractivity contribution in [2.75, 3.05) is 32.2 Å². The summed E-state index contributed by atoms with van der Waals surface area (Å²) in [6, 6.07) is 0.606. The van der Waals surface area contributed by atoms with Crippen LogP contribution in [0.1, 0.15) is 37.7 Å². The first-order chi connectivity index (χ1) is 9.81. The van der Waals surface area contributed by atoms with Gasteiger partial charge in [0, 0.05) is 51.2 Å². The number of anilines is 1. The van der Waals surface area contributed by atoms with Crippen LogP contribution in [0.3, 0.4) is 0 Å². The normalized spacial score (nSPS) is 16.3. The van der Waals surface area contributed by atoms with Crippen LogP contribution in [-0.2, 0) is 11.3 Å². The van der Waals surface area contributed by atoms with Crippen molar-refractivity contribution < 1.29 is 4.74 Å². The predicted octanol–water partition coefficient (Wildman–Crippen LogP) is 1.98. The van der Waals surface area contributed by atoms with Gasteiger partial charge in [-0.2, -0.15) is 0 Å². The lowest BCUT2D eigenvalue weighted by Crippen LogP contribution is -2.34. The van der Waals surface area contributed by atoms with Crippen LogP contribution in [0, 0.1) is 0 Å². The molecule has 0 unspecified atom stereocenters. The average Bonchev–Trinajstić information content (AvgIpc) is 2.52. The third kappa shape index (κ3) is 4.42. The number of nitrogens with zero attached hydrogens (tertiary/aromatic N) is 3. The van der Waals surface area contributed by atoms with Gasteiger partial charge in [0.1, 0.15) is 0 Å². The second-order valence-corrected chi connectivity index (χ2v) is 5.46. The number of rotatable bonds is 7. The Morgan fingerprint density at radius 3 is 2.60 bits per heavy atom. The third-order valence-corrected chi connectivity index (χ3v) is 3.94. The van der Waals surface area contributed by atoms with Gasteiger partial charge in [-0.3, -0.25) is 0 Å². The van der Waals surface area contributed by atoms with Crippen LogP contribution < -0.4 is 10.2 Å². The van der Waals surface area contributed by atoms with Gasteiger partial charge in [0.2, 0.25) is 5.95 Å². The maximum absolute atomic E-state index is 5.00. The molecule has 1 fully saturated rings. The largest absolute Gasteiger partial charge is 0.383 e. The molecule has 0 bridgehead atoms. The molecule has 0 spiro atoms. The molecule has 0 aliphatic heterocycles. The monoisotopic (exact) mass is 278 g/mol.